The molecule has 0 spiro atoms. The van der Waals surface area contributed by atoms with Crippen molar-refractivity contribution in [2.75, 3.05) is 31.3 Å². The van der Waals surface area contributed by atoms with E-state index in [0.29, 0.717) is 40.8 Å². The number of anilines is 1. The van der Waals surface area contributed by atoms with Crippen molar-refractivity contribution < 1.29 is 14.3 Å². The number of hydrogen-bond donors (Lipinski definition) is 2. The maximum atomic E-state index is 12.2. The number of amides is 2. The molecule has 11 heteroatoms. The molecule has 30 heavy (non-hydrogen) atoms. The van der Waals surface area contributed by atoms with Crippen LogP contribution in [0.3, 0.4) is 0 Å². The zero-order valence-corrected chi connectivity index (χ0v) is 18.4. The number of thioether (sulfide) groups is 1. The summed E-state index contributed by atoms with van der Waals surface area (Å²) in [6.45, 7) is 0.781. The maximum Gasteiger partial charge on any atom is 0.258 e. The first-order valence-electron chi connectivity index (χ1n) is 8.88. The Morgan fingerprint density at radius 3 is 2.93 bits per heavy atom. The summed E-state index contributed by atoms with van der Waals surface area (Å²) in [5.41, 5.74) is 1.31. The fraction of sp³-hybridized carbons (Fsp3) is 0.263. The van der Waals surface area contributed by atoms with E-state index in [2.05, 4.69) is 15.6 Å². The van der Waals surface area contributed by atoms with Crippen molar-refractivity contribution in [2.24, 2.45) is 0 Å². The van der Waals surface area contributed by atoms with Crippen molar-refractivity contribution in [3.63, 3.8) is 0 Å². The molecule has 2 heterocycles. The molecule has 158 valence electrons. The fourth-order valence-electron chi connectivity index (χ4n) is 2.55. The van der Waals surface area contributed by atoms with Crippen molar-refractivity contribution in [3.8, 4) is 0 Å². The lowest BCUT2D eigenvalue weighted by molar-refractivity contribution is -0.113. The van der Waals surface area contributed by atoms with Gasteiger partial charge in [0.2, 0.25) is 5.91 Å². The van der Waals surface area contributed by atoms with E-state index in [0.717, 1.165) is 0 Å². The number of hydrogen-bond acceptors (Lipinski definition) is 7. The van der Waals surface area contributed by atoms with E-state index >= 15 is 0 Å². The SMILES string of the molecule is COCCNC(=O)c1ccc(NC(=O)CSCc2cc(=O)n3ccsc3n2)cc1Cl. The second-order valence-electron chi connectivity index (χ2n) is 6.13. The quantitative estimate of drug-likeness (QED) is 0.470. The van der Waals surface area contributed by atoms with Gasteiger partial charge in [0, 0.05) is 42.7 Å². The maximum absolute atomic E-state index is 12.2. The molecule has 2 N–H and O–H groups in total. The minimum absolute atomic E-state index is 0.137. The Morgan fingerprint density at radius 2 is 2.17 bits per heavy atom. The van der Waals surface area contributed by atoms with Crippen LogP contribution in [-0.4, -0.2) is 47.2 Å². The van der Waals surface area contributed by atoms with Crippen molar-refractivity contribution in [1.29, 1.82) is 0 Å². The highest BCUT2D eigenvalue weighted by atomic mass is 35.5. The molecule has 0 aliphatic carbocycles. The number of halogens is 1. The molecule has 0 bridgehead atoms. The van der Waals surface area contributed by atoms with E-state index < -0.39 is 0 Å². The van der Waals surface area contributed by atoms with Crippen molar-refractivity contribution in [1.82, 2.24) is 14.7 Å². The van der Waals surface area contributed by atoms with Gasteiger partial charge < -0.3 is 15.4 Å². The molecule has 8 nitrogen and oxygen atoms in total. The zero-order valence-electron chi connectivity index (χ0n) is 16.0. The van der Waals surface area contributed by atoms with Crippen LogP contribution in [-0.2, 0) is 15.3 Å². The van der Waals surface area contributed by atoms with Gasteiger partial charge in [-0.25, -0.2) is 4.98 Å². The number of nitrogens with one attached hydrogen (secondary N) is 2. The van der Waals surface area contributed by atoms with Crippen LogP contribution in [0.5, 0.6) is 0 Å². The first kappa shape index (κ1) is 22.3. The number of aromatic nitrogens is 2. The van der Waals surface area contributed by atoms with Gasteiger partial charge in [0.05, 0.1) is 28.6 Å². The molecule has 0 aliphatic heterocycles. The zero-order chi connectivity index (χ0) is 21.5. The Morgan fingerprint density at radius 1 is 1.33 bits per heavy atom. The van der Waals surface area contributed by atoms with Crippen LogP contribution in [0.1, 0.15) is 16.1 Å². The standard InChI is InChI=1S/C19H19ClN4O4S2/c1-28-6-4-21-18(27)14-3-2-12(8-15(14)20)22-16(25)11-29-10-13-9-17(26)24-5-7-30-19(24)23-13/h2-3,5,7-9H,4,6,10-11H2,1H3,(H,21,27)(H,22,25). The van der Waals surface area contributed by atoms with Crippen LogP contribution in [0, 0.1) is 0 Å². The number of carbonyl (C=O) groups excluding carboxylic acids is 2. The molecule has 3 rings (SSSR count). The van der Waals surface area contributed by atoms with Gasteiger partial charge in [0.1, 0.15) is 0 Å². The molecule has 0 fully saturated rings. The number of nitrogens with zero attached hydrogens (tertiary/aromatic N) is 2. The average Bonchev–Trinajstić information content (AvgIpc) is 3.17. The highest BCUT2D eigenvalue weighted by Crippen LogP contribution is 2.21. The molecule has 0 saturated carbocycles. The third-order valence-electron chi connectivity index (χ3n) is 3.93. The largest absolute Gasteiger partial charge is 0.383 e. The molecule has 2 aromatic heterocycles. The fourth-order valence-corrected chi connectivity index (χ4v) is 4.27. The first-order chi connectivity index (χ1) is 14.5. The second kappa shape index (κ2) is 10.6. The highest BCUT2D eigenvalue weighted by molar-refractivity contribution is 7.99. The Kier molecular flexibility index (Phi) is 7.86. The minimum Gasteiger partial charge on any atom is -0.383 e. The topological polar surface area (TPSA) is 102 Å². The summed E-state index contributed by atoms with van der Waals surface area (Å²) in [4.78, 5) is 41.3. The van der Waals surface area contributed by atoms with E-state index in [9.17, 15) is 14.4 Å². The Hall–Kier alpha value is -2.40. The van der Waals surface area contributed by atoms with Gasteiger partial charge in [-0.05, 0) is 18.2 Å². The summed E-state index contributed by atoms with van der Waals surface area (Å²) < 4.78 is 6.37. The summed E-state index contributed by atoms with van der Waals surface area (Å²) in [5, 5.41) is 7.47. The summed E-state index contributed by atoms with van der Waals surface area (Å²) in [7, 11) is 1.55. The minimum atomic E-state index is -0.309. The van der Waals surface area contributed by atoms with E-state index in [4.69, 9.17) is 16.3 Å². The average molecular weight is 467 g/mol. The molecule has 0 aliphatic rings. The molecular formula is C19H19ClN4O4S2. The highest BCUT2D eigenvalue weighted by Gasteiger charge is 2.12. The monoisotopic (exact) mass is 466 g/mol. The molecule has 0 atom stereocenters. The number of ether oxygens (including phenoxy) is 1. The molecule has 0 radical (unpaired) electrons. The number of methoxy groups -OCH3 is 1. The van der Waals surface area contributed by atoms with Gasteiger partial charge in [0.25, 0.3) is 11.5 Å². The molecule has 0 saturated heterocycles. The summed E-state index contributed by atoms with van der Waals surface area (Å²) in [6, 6.07) is 6.18. The molecule has 1 aromatic carbocycles. The van der Waals surface area contributed by atoms with Gasteiger partial charge in [-0.3, -0.25) is 18.8 Å². The van der Waals surface area contributed by atoms with Crippen LogP contribution in [0.4, 0.5) is 5.69 Å². The predicted octanol–water partition coefficient (Wildman–Crippen LogP) is 2.66. The number of fused-ring (bicyclic) bond motifs is 1. The van der Waals surface area contributed by atoms with Crippen molar-refractivity contribution in [2.45, 2.75) is 5.75 Å². The van der Waals surface area contributed by atoms with E-state index in [-0.39, 0.29) is 28.1 Å². The van der Waals surface area contributed by atoms with Crippen LogP contribution in [0.25, 0.3) is 4.96 Å². The Balaban J connectivity index is 1.51. The number of thiazole rings is 1. The van der Waals surface area contributed by atoms with Crippen molar-refractivity contribution in [3.05, 3.63) is 62.5 Å². The van der Waals surface area contributed by atoms with Gasteiger partial charge in [-0.2, -0.15) is 0 Å². The number of benzene rings is 1. The Labute approximate surface area is 185 Å². The summed E-state index contributed by atoms with van der Waals surface area (Å²) in [5.74, 6) is 0.0969. The lowest BCUT2D eigenvalue weighted by Gasteiger charge is -2.09. The van der Waals surface area contributed by atoms with Crippen molar-refractivity contribution >= 4 is 57.2 Å². The van der Waals surface area contributed by atoms with Gasteiger partial charge >= 0.3 is 0 Å². The van der Waals surface area contributed by atoms with Crippen LogP contribution >= 0.6 is 34.7 Å². The lowest BCUT2D eigenvalue weighted by Crippen LogP contribution is -2.27. The smallest absolute Gasteiger partial charge is 0.258 e. The van der Waals surface area contributed by atoms with Gasteiger partial charge in [-0.1, -0.05) is 11.6 Å². The molecule has 3 aromatic rings. The molecular weight excluding hydrogens is 448 g/mol. The number of carbonyl (C=O) groups is 2. The summed E-state index contributed by atoms with van der Waals surface area (Å²) >= 11 is 8.90. The predicted molar refractivity (Wildman–Crippen MR) is 120 cm³/mol. The second-order valence-corrected chi connectivity index (χ2v) is 8.39. The molecule has 2 amide bonds. The van der Waals surface area contributed by atoms with Gasteiger partial charge in [-0.15, -0.1) is 23.1 Å². The third-order valence-corrected chi connectivity index (χ3v) is 5.96. The Bertz CT molecular complexity index is 1120. The van der Waals surface area contributed by atoms with E-state index in [1.807, 2.05) is 0 Å². The van der Waals surface area contributed by atoms with Gasteiger partial charge in [0.15, 0.2) is 4.96 Å². The third kappa shape index (κ3) is 5.82. The van der Waals surface area contributed by atoms with Crippen LogP contribution in [0.2, 0.25) is 5.02 Å². The normalized spacial score (nSPS) is 10.9. The van der Waals surface area contributed by atoms with E-state index in [1.54, 1.807) is 30.8 Å². The lowest BCUT2D eigenvalue weighted by atomic mass is 10.2. The summed E-state index contributed by atoms with van der Waals surface area (Å²) in [6.07, 6.45) is 1.68. The van der Waals surface area contributed by atoms with E-state index in [1.165, 1.54) is 39.6 Å². The van der Waals surface area contributed by atoms with Crippen LogP contribution < -0.4 is 16.2 Å². The molecule has 0 unspecified atom stereocenters. The number of rotatable bonds is 9. The van der Waals surface area contributed by atoms with Crippen LogP contribution in [0.15, 0.2) is 40.6 Å². The first-order valence-corrected chi connectivity index (χ1v) is 11.3.